The Labute approximate surface area is 148 Å². The summed E-state index contributed by atoms with van der Waals surface area (Å²) in [5.74, 6) is 1.73. The van der Waals surface area contributed by atoms with E-state index in [-0.39, 0.29) is 17.5 Å². The lowest BCUT2D eigenvalue weighted by molar-refractivity contribution is -0.141. The van der Waals surface area contributed by atoms with Crippen LogP contribution in [0.1, 0.15) is 31.4 Å². The third kappa shape index (κ3) is 4.03. The fraction of sp³-hybridized carbons (Fsp3) is 0.529. The number of alkyl halides is 3. The number of nitrogens with zero attached hydrogens (tertiary/aromatic N) is 5. The molecule has 2 fully saturated rings. The zero-order chi connectivity index (χ0) is 18.3. The fourth-order valence-corrected chi connectivity index (χ4v) is 2.82. The molecule has 9 heteroatoms. The molecule has 6 nitrogen and oxygen atoms in total. The van der Waals surface area contributed by atoms with Gasteiger partial charge in [-0.2, -0.15) is 28.1 Å². The minimum absolute atomic E-state index is 0.0131. The molecule has 0 amide bonds. The van der Waals surface area contributed by atoms with E-state index in [0.29, 0.717) is 17.8 Å². The van der Waals surface area contributed by atoms with Crippen LogP contribution in [0.15, 0.2) is 18.2 Å². The second-order valence-corrected chi connectivity index (χ2v) is 7.01. The van der Waals surface area contributed by atoms with Crippen molar-refractivity contribution < 1.29 is 13.2 Å². The lowest BCUT2D eigenvalue weighted by Gasteiger charge is -2.22. The van der Waals surface area contributed by atoms with Gasteiger partial charge in [0.05, 0.1) is 0 Å². The monoisotopic (exact) mass is 364 g/mol. The SMILES string of the molecule is Nc1nc(-c2cccc(C(F)(F)F)n2)nc(N(CC2CC2)CC2CC2)n1. The van der Waals surface area contributed by atoms with Gasteiger partial charge in [0.25, 0.3) is 0 Å². The van der Waals surface area contributed by atoms with E-state index in [4.69, 9.17) is 5.73 Å². The van der Waals surface area contributed by atoms with Gasteiger partial charge in [-0.05, 0) is 49.7 Å². The predicted octanol–water partition coefficient (Wildman–Crippen LogP) is 3.16. The molecule has 2 heterocycles. The largest absolute Gasteiger partial charge is 0.433 e. The number of nitrogens with two attached hydrogens (primary N) is 1. The maximum Gasteiger partial charge on any atom is 0.433 e. The van der Waals surface area contributed by atoms with Crippen LogP contribution in [0.4, 0.5) is 25.1 Å². The van der Waals surface area contributed by atoms with Crippen molar-refractivity contribution in [3.05, 3.63) is 23.9 Å². The zero-order valence-electron chi connectivity index (χ0n) is 14.1. The first kappa shape index (κ1) is 17.0. The summed E-state index contributed by atoms with van der Waals surface area (Å²) in [7, 11) is 0. The van der Waals surface area contributed by atoms with Gasteiger partial charge < -0.3 is 10.6 Å². The van der Waals surface area contributed by atoms with Crippen LogP contribution in [0.5, 0.6) is 0 Å². The van der Waals surface area contributed by atoms with Gasteiger partial charge in [0.15, 0.2) is 5.82 Å². The van der Waals surface area contributed by atoms with Gasteiger partial charge >= 0.3 is 6.18 Å². The van der Waals surface area contributed by atoms with E-state index < -0.39 is 11.9 Å². The summed E-state index contributed by atoms with van der Waals surface area (Å²) in [5, 5.41) is 0. The quantitative estimate of drug-likeness (QED) is 0.848. The van der Waals surface area contributed by atoms with Crippen molar-refractivity contribution in [1.82, 2.24) is 19.9 Å². The van der Waals surface area contributed by atoms with Gasteiger partial charge in [-0.25, -0.2) is 4.98 Å². The first-order valence-corrected chi connectivity index (χ1v) is 8.69. The van der Waals surface area contributed by atoms with Crippen LogP contribution in [-0.2, 0) is 6.18 Å². The second-order valence-electron chi connectivity index (χ2n) is 7.01. The highest BCUT2D eigenvalue weighted by molar-refractivity contribution is 5.54. The van der Waals surface area contributed by atoms with Crippen molar-refractivity contribution in [2.75, 3.05) is 23.7 Å². The minimum atomic E-state index is -4.53. The van der Waals surface area contributed by atoms with Crippen LogP contribution < -0.4 is 10.6 Å². The van der Waals surface area contributed by atoms with Crippen molar-refractivity contribution in [3.8, 4) is 11.5 Å². The van der Waals surface area contributed by atoms with E-state index in [9.17, 15) is 13.2 Å². The molecular weight excluding hydrogens is 345 g/mol. The Hall–Kier alpha value is -2.45. The summed E-state index contributed by atoms with van der Waals surface area (Å²) < 4.78 is 38.8. The summed E-state index contributed by atoms with van der Waals surface area (Å²) in [6.07, 6.45) is 0.211. The highest BCUT2D eigenvalue weighted by Gasteiger charge is 2.33. The van der Waals surface area contributed by atoms with Gasteiger partial charge in [0, 0.05) is 13.1 Å². The molecule has 2 aliphatic carbocycles. The van der Waals surface area contributed by atoms with Crippen LogP contribution in [0.3, 0.4) is 0 Å². The van der Waals surface area contributed by atoms with Gasteiger partial charge in [-0.1, -0.05) is 6.07 Å². The third-order valence-corrected chi connectivity index (χ3v) is 4.54. The first-order valence-electron chi connectivity index (χ1n) is 8.69. The van der Waals surface area contributed by atoms with E-state index >= 15 is 0 Å². The van der Waals surface area contributed by atoms with E-state index in [0.717, 1.165) is 19.2 Å². The van der Waals surface area contributed by atoms with Crippen molar-refractivity contribution >= 4 is 11.9 Å². The van der Waals surface area contributed by atoms with E-state index in [1.165, 1.54) is 37.8 Å². The second kappa shape index (κ2) is 6.37. The number of nitrogen functional groups attached to an aromatic ring is 1. The standard InChI is InChI=1S/C17H19F3N6/c18-17(19,20)13-3-1-2-12(22-13)14-23-15(21)25-16(24-14)26(8-10-4-5-10)9-11-6-7-11/h1-3,10-11H,4-9H2,(H2,21,23,24,25). The highest BCUT2D eigenvalue weighted by Crippen LogP contribution is 2.35. The summed E-state index contributed by atoms with van der Waals surface area (Å²) in [6.45, 7) is 1.69. The molecule has 26 heavy (non-hydrogen) atoms. The lowest BCUT2D eigenvalue weighted by atomic mass is 10.3. The van der Waals surface area contributed by atoms with Crippen LogP contribution in [-0.4, -0.2) is 33.0 Å². The predicted molar refractivity (Wildman–Crippen MR) is 90.1 cm³/mol. The molecule has 0 saturated heterocycles. The first-order chi connectivity index (χ1) is 12.4. The van der Waals surface area contributed by atoms with Gasteiger partial charge in [0.2, 0.25) is 11.9 Å². The number of halogens is 3. The molecule has 0 aliphatic heterocycles. The summed E-state index contributed by atoms with van der Waals surface area (Å²) in [6, 6.07) is 3.65. The molecule has 0 atom stereocenters. The molecule has 2 aromatic rings. The van der Waals surface area contributed by atoms with Crippen LogP contribution >= 0.6 is 0 Å². The molecular formula is C17H19F3N6. The molecule has 0 bridgehead atoms. The van der Waals surface area contributed by atoms with Crippen molar-refractivity contribution in [1.29, 1.82) is 0 Å². The zero-order valence-corrected chi connectivity index (χ0v) is 14.1. The van der Waals surface area contributed by atoms with E-state index in [2.05, 4.69) is 24.8 Å². The summed E-state index contributed by atoms with van der Waals surface area (Å²) in [5.41, 5.74) is 4.86. The van der Waals surface area contributed by atoms with Crippen LogP contribution in [0.25, 0.3) is 11.5 Å². The number of rotatable bonds is 6. The summed E-state index contributed by atoms with van der Waals surface area (Å²) in [4.78, 5) is 18.3. The van der Waals surface area contributed by atoms with Crippen LogP contribution in [0.2, 0.25) is 0 Å². The molecule has 2 aliphatic rings. The molecule has 0 unspecified atom stereocenters. The molecule has 2 aromatic heterocycles. The lowest BCUT2D eigenvalue weighted by Crippen LogP contribution is -2.30. The third-order valence-electron chi connectivity index (χ3n) is 4.54. The number of hydrogen-bond acceptors (Lipinski definition) is 6. The van der Waals surface area contributed by atoms with E-state index in [1.54, 1.807) is 0 Å². The fourth-order valence-electron chi connectivity index (χ4n) is 2.82. The molecule has 2 saturated carbocycles. The number of hydrogen-bond donors (Lipinski definition) is 1. The smallest absolute Gasteiger partial charge is 0.368 e. The highest BCUT2D eigenvalue weighted by atomic mass is 19.4. The maximum atomic E-state index is 12.9. The summed E-state index contributed by atoms with van der Waals surface area (Å²) >= 11 is 0. The normalized spacial score (nSPS) is 17.3. The van der Waals surface area contributed by atoms with Crippen molar-refractivity contribution in [2.45, 2.75) is 31.9 Å². The topological polar surface area (TPSA) is 80.8 Å². The molecule has 4 rings (SSSR count). The molecule has 0 spiro atoms. The Morgan fingerprint density at radius 1 is 0.962 bits per heavy atom. The Balaban J connectivity index is 1.66. The van der Waals surface area contributed by atoms with Crippen LogP contribution in [0, 0.1) is 11.8 Å². The molecule has 138 valence electrons. The molecule has 2 N–H and O–H groups in total. The number of aromatic nitrogens is 4. The average molecular weight is 364 g/mol. The average Bonchev–Trinajstić information content (AvgIpc) is 3.49. The van der Waals surface area contributed by atoms with Crippen molar-refractivity contribution in [3.63, 3.8) is 0 Å². The molecule has 0 radical (unpaired) electrons. The Morgan fingerprint density at radius 2 is 1.62 bits per heavy atom. The van der Waals surface area contributed by atoms with Gasteiger partial charge in [-0.15, -0.1) is 0 Å². The Morgan fingerprint density at radius 3 is 2.19 bits per heavy atom. The van der Waals surface area contributed by atoms with Crippen molar-refractivity contribution in [2.24, 2.45) is 11.8 Å². The number of anilines is 2. The minimum Gasteiger partial charge on any atom is -0.368 e. The van der Waals surface area contributed by atoms with Gasteiger partial charge in [-0.3, -0.25) is 0 Å². The van der Waals surface area contributed by atoms with Gasteiger partial charge in [0.1, 0.15) is 11.4 Å². The Bertz CT molecular complexity index is 787. The molecule has 0 aromatic carbocycles. The van der Waals surface area contributed by atoms with E-state index in [1.807, 2.05) is 0 Å². The maximum absolute atomic E-state index is 12.9. The Kier molecular flexibility index (Phi) is 4.16. The number of pyridine rings is 1.